The summed E-state index contributed by atoms with van der Waals surface area (Å²) in [5, 5.41) is 8.09. The van der Waals surface area contributed by atoms with Crippen molar-refractivity contribution in [1.29, 1.82) is 5.26 Å². The second-order valence-electron chi connectivity index (χ2n) is 3.43. The van der Waals surface area contributed by atoms with Crippen LogP contribution in [0.5, 0.6) is 0 Å². The predicted molar refractivity (Wildman–Crippen MR) is 36.7 cm³/mol. The maximum absolute atomic E-state index is 12.3. The van der Waals surface area contributed by atoms with Crippen LogP contribution < -0.4 is 0 Å². The second-order valence-corrected chi connectivity index (χ2v) is 3.43. The molecule has 0 N–H and O–H groups in total. The highest BCUT2D eigenvalue weighted by Gasteiger charge is 2.44. The van der Waals surface area contributed by atoms with Gasteiger partial charge >= 0.3 is 0 Å². The molecule has 1 rings (SSSR count). The number of nitrogens with zero attached hydrogens (tertiary/aromatic N) is 1. The van der Waals surface area contributed by atoms with E-state index in [0.717, 1.165) is 6.42 Å². The molecule has 54 valence electrons. The van der Waals surface area contributed by atoms with E-state index < -0.39 is 5.83 Å². The van der Waals surface area contributed by atoms with E-state index in [-0.39, 0.29) is 11.3 Å². The van der Waals surface area contributed by atoms with Gasteiger partial charge < -0.3 is 0 Å². The van der Waals surface area contributed by atoms with Crippen LogP contribution in [0.25, 0.3) is 0 Å². The summed E-state index contributed by atoms with van der Waals surface area (Å²) < 4.78 is 12.3. The molecule has 1 saturated carbocycles. The Labute approximate surface area is 60.2 Å². The average molecular weight is 139 g/mol. The van der Waals surface area contributed by atoms with Gasteiger partial charge in [0.25, 0.3) is 0 Å². The molecule has 1 fully saturated rings. The first-order valence-electron chi connectivity index (χ1n) is 3.34. The van der Waals surface area contributed by atoms with Gasteiger partial charge in [0.15, 0.2) is 5.83 Å². The van der Waals surface area contributed by atoms with Crippen molar-refractivity contribution in [3.8, 4) is 6.07 Å². The third kappa shape index (κ3) is 1.36. The summed E-state index contributed by atoms with van der Waals surface area (Å²) in [6, 6.07) is 1.47. The molecular formula is C8H10FN. The van der Waals surface area contributed by atoms with Crippen molar-refractivity contribution in [2.75, 3.05) is 0 Å². The first kappa shape index (κ1) is 7.27. The lowest BCUT2D eigenvalue weighted by Gasteiger charge is -1.94. The summed E-state index contributed by atoms with van der Waals surface area (Å²) in [6.07, 6.45) is 2.42. The van der Waals surface area contributed by atoms with E-state index in [1.165, 1.54) is 12.1 Å². The summed E-state index contributed by atoms with van der Waals surface area (Å²) in [5.74, 6) is -0.359. The van der Waals surface area contributed by atoms with Gasteiger partial charge in [-0.25, -0.2) is 0 Å². The van der Waals surface area contributed by atoms with Gasteiger partial charge in [-0.15, -0.1) is 0 Å². The van der Waals surface area contributed by atoms with Gasteiger partial charge in [-0.3, -0.25) is 0 Å². The van der Waals surface area contributed by atoms with Crippen LogP contribution in [-0.4, -0.2) is 0 Å². The van der Waals surface area contributed by atoms with Crippen molar-refractivity contribution in [3.05, 3.63) is 11.9 Å². The number of nitriles is 1. The lowest BCUT2D eigenvalue weighted by atomic mass is 10.1. The fourth-order valence-electron chi connectivity index (χ4n) is 1.01. The number of rotatable bonds is 1. The van der Waals surface area contributed by atoms with Gasteiger partial charge in [0, 0.05) is 0 Å². The highest BCUT2D eigenvalue weighted by molar-refractivity contribution is 5.19. The number of allylic oxidation sites excluding steroid dienone is 2. The van der Waals surface area contributed by atoms with E-state index in [4.69, 9.17) is 5.26 Å². The van der Waals surface area contributed by atoms with Crippen LogP contribution in [0.2, 0.25) is 0 Å². The summed E-state index contributed by atoms with van der Waals surface area (Å²) in [7, 11) is 0. The summed E-state index contributed by atoms with van der Waals surface area (Å²) >= 11 is 0. The normalized spacial score (nSPS) is 29.4. The van der Waals surface area contributed by atoms with Gasteiger partial charge in [-0.2, -0.15) is 9.65 Å². The molecule has 1 nitrogen and oxygen atoms in total. The molecule has 0 aromatic rings. The van der Waals surface area contributed by atoms with E-state index in [0.29, 0.717) is 0 Å². The second kappa shape index (κ2) is 2.09. The minimum atomic E-state index is -0.643. The lowest BCUT2D eigenvalue weighted by molar-refractivity contribution is 0.595. The largest absolute Gasteiger partial charge is 0.196 e. The Balaban J connectivity index is 2.52. The Morgan fingerprint density at radius 1 is 1.80 bits per heavy atom. The fourth-order valence-corrected chi connectivity index (χ4v) is 1.01. The van der Waals surface area contributed by atoms with Gasteiger partial charge in [-0.1, -0.05) is 13.8 Å². The Kier molecular flexibility index (Phi) is 1.52. The molecule has 0 aromatic carbocycles. The van der Waals surface area contributed by atoms with Crippen LogP contribution in [0.15, 0.2) is 11.9 Å². The molecule has 10 heavy (non-hydrogen) atoms. The molecule has 0 bridgehead atoms. The quantitative estimate of drug-likeness (QED) is 0.512. The third-order valence-electron chi connectivity index (χ3n) is 2.04. The zero-order valence-electron chi connectivity index (χ0n) is 6.19. The van der Waals surface area contributed by atoms with Crippen molar-refractivity contribution in [2.24, 2.45) is 11.3 Å². The van der Waals surface area contributed by atoms with Crippen molar-refractivity contribution in [2.45, 2.75) is 20.3 Å². The highest BCUT2D eigenvalue weighted by atomic mass is 19.1. The van der Waals surface area contributed by atoms with Crippen molar-refractivity contribution >= 4 is 0 Å². The van der Waals surface area contributed by atoms with Crippen LogP contribution in [0.4, 0.5) is 4.39 Å². The molecule has 0 saturated heterocycles. The van der Waals surface area contributed by atoms with E-state index in [9.17, 15) is 4.39 Å². The molecule has 0 aromatic heterocycles. The van der Waals surface area contributed by atoms with Crippen LogP contribution >= 0.6 is 0 Å². The molecule has 0 aliphatic heterocycles. The maximum Gasteiger partial charge on any atom is 0.196 e. The van der Waals surface area contributed by atoms with Crippen LogP contribution in [-0.2, 0) is 0 Å². The average Bonchev–Trinajstić information content (AvgIpc) is 2.40. The van der Waals surface area contributed by atoms with E-state index >= 15 is 0 Å². The first-order valence-corrected chi connectivity index (χ1v) is 3.34. The monoisotopic (exact) mass is 139 g/mol. The SMILES string of the molecule is CC1(C)CC1/C=C(/F)C#N. The van der Waals surface area contributed by atoms with Gasteiger partial charge in [0.05, 0.1) is 0 Å². The maximum atomic E-state index is 12.3. The minimum absolute atomic E-state index is 0.230. The molecule has 1 aliphatic rings. The van der Waals surface area contributed by atoms with E-state index in [2.05, 4.69) is 13.8 Å². The lowest BCUT2D eigenvalue weighted by Crippen LogP contribution is -1.86. The Morgan fingerprint density at radius 3 is 2.60 bits per heavy atom. The van der Waals surface area contributed by atoms with Crippen molar-refractivity contribution in [3.63, 3.8) is 0 Å². The zero-order valence-corrected chi connectivity index (χ0v) is 6.19. The third-order valence-corrected chi connectivity index (χ3v) is 2.04. The first-order chi connectivity index (χ1) is 4.56. The van der Waals surface area contributed by atoms with Gasteiger partial charge in [-0.05, 0) is 23.8 Å². The molecular weight excluding hydrogens is 129 g/mol. The predicted octanol–water partition coefficient (Wildman–Crippen LogP) is 2.41. The smallest absolute Gasteiger partial charge is 0.195 e. The van der Waals surface area contributed by atoms with Crippen LogP contribution in [0, 0.1) is 22.7 Å². The number of hydrogen-bond donors (Lipinski definition) is 0. The van der Waals surface area contributed by atoms with E-state index in [1.54, 1.807) is 0 Å². The van der Waals surface area contributed by atoms with Crippen LogP contribution in [0.3, 0.4) is 0 Å². The fraction of sp³-hybridized carbons (Fsp3) is 0.625. The molecule has 0 spiro atoms. The molecule has 0 radical (unpaired) electrons. The van der Waals surface area contributed by atoms with E-state index in [1.807, 2.05) is 0 Å². The van der Waals surface area contributed by atoms with Crippen LogP contribution in [0.1, 0.15) is 20.3 Å². The summed E-state index contributed by atoms with van der Waals surface area (Å²) in [4.78, 5) is 0. The van der Waals surface area contributed by atoms with Crippen molar-refractivity contribution in [1.82, 2.24) is 0 Å². The number of halogens is 1. The Morgan fingerprint density at radius 2 is 2.30 bits per heavy atom. The Hall–Kier alpha value is -0.840. The standard InChI is InChI=1S/C8H10FN/c1-8(2)4-6(8)3-7(9)5-10/h3,6H,4H2,1-2H3/b7-3+. The highest BCUT2D eigenvalue weighted by Crippen LogP contribution is 2.52. The Bertz CT molecular complexity index is 210. The molecule has 0 amide bonds. The molecule has 2 heteroatoms. The van der Waals surface area contributed by atoms with Gasteiger partial charge in [0.1, 0.15) is 6.07 Å². The summed E-state index contributed by atoms with van der Waals surface area (Å²) in [5.41, 5.74) is 0.230. The topological polar surface area (TPSA) is 23.8 Å². The molecule has 1 unspecified atom stereocenters. The minimum Gasteiger partial charge on any atom is -0.195 e. The summed E-state index contributed by atoms with van der Waals surface area (Å²) in [6.45, 7) is 4.14. The zero-order chi connectivity index (χ0) is 7.78. The van der Waals surface area contributed by atoms with Gasteiger partial charge in [0.2, 0.25) is 0 Å². The van der Waals surface area contributed by atoms with Crippen molar-refractivity contribution < 1.29 is 4.39 Å². The number of hydrogen-bond acceptors (Lipinski definition) is 1. The molecule has 1 aliphatic carbocycles. The molecule has 1 atom stereocenters. The molecule has 0 heterocycles.